The number of carbonyl (C=O) groups is 3. The number of Topliss-reactive ketones (excluding diaryl/α,β-unsaturated/α-hetero) is 1. The molecule has 2 aromatic carbocycles. The minimum absolute atomic E-state index is 0.00497. The van der Waals surface area contributed by atoms with Crippen LogP contribution in [0.25, 0.3) is 0 Å². The fourth-order valence-electron chi connectivity index (χ4n) is 3.31. The predicted octanol–water partition coefficient (Wildman–Crippen LogP) is 3.43. The maximum Gasteiger partial charge on any atom is 0.261 e. The molecule has 0 saturated carbocycles. The first-order valence-corrected chi connectivity index (χ1v) is 9.40. The molecule has 0 saturated heterocycles. The van der Waals surface area contributed by atoms with E-state index in [9.17, 15) is 14.4 Å². The van der Waals surface area contributed by atoms with Gasteiger partial charge in [-0.3, -0.25) is 14.4 Å². The lowest BCUT2D eigenvalue weighted by atomic mass is 9.92. The summed E-state index contributed by atoms with van der Waals surface area (Å²) in [4.78, 5) is 40.6. The van der Waals surface area contributed by atoms with Gasteiger partial charge in [0.2, 0.25) is 5.78 Å². The minimum atomic E-state index is -1.51. The molecular formula is C23H25N3O3. The molecule has 1 unspecified atom stereocenters. The van der Waals surface area contributed by atoms with Crippen LogP contribution in [-0.2, 0) is 14.4 Å². The van der Waals surface area contributed by atoms with E-state index < -0.39 is 23.1 Å². The summed E-state index contributed by atoms with van der Waals surface area (Å²) >= 11 is 0. The summed E-state index contributed by atoms with van der Waals surface area (Å²) in [5.74, 6) is -1.52. The normalized spacial score (nSPS) is 18.8. The number of carbonyl (C=O) groups excluding carboxylic acids is 3. The van der Waals surface area contributed by atoms with Crippen molar-refractivity contribution in [2.75, 3.05) is 17.7 Å². The highest BCUT2D eigenvalue weighted by Gasteiger charge is 2.53. The first-order chi connectivity index (χ1) is 13.6. The predicted molar refractivity (Wildman–Crippen MR) is 113 cm³/mol. The van der Waals surface area contributed by atoms with Crippen LogP contribution in [0.5, 0.6) is 0 Å². The molecule has 6 heteroatoms. The zero-order valence-corrected chi connectivity index (χ0v) is 17.3. The Morgan fingerprint density at radius 1 is 0.828 bits per heavy atom. The fraction of sp³-hybridized carbons (Fsp3) is 0.261. The molecule has 1 atom stereocenters. The molecule has 2 amide bonds. The molecule has 6 nitrogen and oxygen atoms in total. The van der Waals surface area contributed by atoms with E-state index in [2.05, 4.69) is 10.6 Å². The van der Waals surface area contributed by atoms with Gasteiger partial charge < -0.3 is 15.5 Å². The fourth-order valence-corrected chi connectivity index (χ4v) is 3.31. The Morgan fingerprint density at radius 3 is 1.76 bits per heavy atom. The molecule has 0 aliphatic carbocycles. The van der Waals surface area contributed by atoms with Crippen LogP contribution in [0.3, 0.4) is 0 Å². The van der Waals surface area contributed by atoms with Crippen molar-refractivity contribution in [3.05, 3.63) is 70.9 Å². The summed E-state index contributed by atoms with van der Waals surface area (Å²) in [6.07, 6.45) is 0. The highest BCUT2D eigenvalue weighted by molar-refractivity contribution is 6.34. The number of ketones is 1. The van der Waals surface area contributed by atoms with Gasteiger partial charge in [0.05, 0.1) is 0 Å². The highest BCUT2D eigenvalue weighted by Crippen LogP contribution is 2.34. The third-order valence-electron chi connectivity index (χ3n) is 5.49. The van der Waals surface area contributed by atoms with Gasteiger partial charge >= 0.3 is 0 Å². The van der Waals surface area contributed by atoms with Crippen LogP contribution >= 0.6 is 0 Å². The van der Waals surface area contributed by atoms with Gasteiger partial charge in [-0.1, -0.05) is 35.4 Å². The largest absolute Gasteiger partial charge is 0.357 e. The van der Waals surface area contributed by atoms with Gasteiger partial charge in [0.15, 0.2) is 5.54 Å². The molecule has 0 aromatic heterocycles. The first kappa shape index (κ1) is 20.3. The van der Waals surface area contributed by atoms with E-state index in [1.807, 2.05) is 38.1 Å². The average molecular weight is 391 g/mol. The second kappa shape index (κ2) is 7.54. The standard InChI is InChI=1S/C23H25N3O3/c1-14-6-10-17(11-7-14)24-21(28)19-16(3)26(5)23(4,20(19)27)22(29)25-18-12-8-15(2)9-13-18/h6-13H,1-5H3,(H,24,28)(H,25,29). The Balaban J connectivity index is 1.83. The first-order valence-electron chi connectivity index (χ1n) is 9.40. The summed E-state index contributed by atoms with van der Waals surface area (Å²) in [5.41, 5.74) is 2.27. The lowest BCUT2D eigenvalue weighted by molar-refractivity contribution is -0.134. The van der Waals surface area contributed by atoms with Crippen molar-refractivity contribution in [2.24, 2.45) is 0 Å². The van der Waals surface area contributed by atoms with E-state index in [-0.39, 0.29) is 5.57 Å². The van der Waals surface area contributed by atoms with E-state index in [0.717, 1.165) is 11.1 Å². The molecule has 2 N–H and O–H groups in total. The van der Waals surface area contributed by atoms with Gasteiger partial charge in [0.1, 0.15) is 5.57 Å². The summed E-state index contributed by atoms with van der Waals surface area (Å²) in [6, 6.07) is 14.6. The SMILES string of the molecule is CC1=C(C(=O)Nc2ccc(C)cc2)C(=O)C(C)(C(=O)Nc2ccc(C)cc2)N1C. The van der Waals surface area contributed by atoms with Crippen LogP contribution in [0.4, 0.5) is 11.4 Å². The quantitative estimate of drug-likeness (QED) is 0.618. The Kier molecular flexibility index (Phi) is 5.29. The Labute approximate surface area is 170 Å². The zero-order chi connectivity index (χ0) is 21.3. The number of amides is 2. The van der Waals surface area contributed by atoms with E-state index in [1.54, 1.807) is 43.1 Å². The summed E-state index contributed by atoms with van der Waals surface area (Å²) in [6.45, 7) is 7.11. The number of nitrogens with zero attached hydrogens (tertiary/aromatic N) is 1. The van der Waals surface area contributed by atoms with Crippen LogP contribution in [0.1, 0.15) is 25.0 Å². The highest BCUT2D eigenvalue weighted by atomic mass is 16.2. The van der Waals surface area contributed by atoms with Crippen molar-refractivity contribution >= 4 is 29.0 Å². The molecule has 0 radical (unpaired) electrons. The number of hydrogen-bond donors (Lipinski definition) is 2. The smallest absolute Gasteiger partial charge is 0.261 e. The summed E-state index contributed by atoms with van der Waals surface area (Å²) in [5, 5.41) is 5.54. The van der Waals surface area contributed by atoms with Crippen molar-refractivity contribution in [1.29, 1.82) is 0 Å². The monoisotopic (exact) mass is 391 g/mol. The van der Waals surface area contributed by atoms with Gasteiger partial charge in [0.25, 0.3) is 11.8 Å². The molecule has 0 spiro atoms. The molecule has 2 aromatic rings. The number of nitrogens with one attached hydrogen (secondary N) is 2. The average Bonchev–Trinajstić information content (AvgIpc) is 2.86. The molecule has 1 heterocycles. The number of aryl methyl sites for hydroxylation is 2. The van der Waals surface area contributed by atoms with Crippen molar-refractivity contribution in [3.8, 4) is 0 Å². The molecule has 29 heavy (non-hydrogen) atoms. The molecule has 150 valence electrons. The molecule has 1 aliphatic heterocycles. The number of anilines is 2. The maximum absolute atomic E-state index is 13.2. The van der Waals surface area contributed by atoms with Crippen LogP contribution in [0.15, 0.2) is 59.8 Å². The van der Waals surface area contributed by atoms with Crippen molar-refractivity contribution in [1.82, 2.24) is 4.90 Å². The number of rotatable bonds is 4. The second-order valence-corrected chi connectivity index (χ2v) is 7.56. The van der Waals surface area contributed by atoms with Gasteiger partial charge in [-0.15, -0.1) is 0 Å². The van der Waals surface area contributed by atoms with Gasteiger partial charge in [0, 0.05) is 24.1 Å². The van der Waals surface area contributed by atoms with E-state index >= 15 is 0 Å². The summed E-state index contributed by atoms with van der Waals surface area (Å²) in [7, 11) is 1.65. The number of hydrogen-bond acceptors (Lipinski definition) is 4. The van der Waals surface area contributed by atoms with Crippen LogP contribution < -0.4 is 10.6 Å². The van der Waals surface area contributed by atoms with Crippen LogP contribution in [-0.4, -0.2) is 35.1 Å². The minimum Gasteiger partial charge on any atom is -0.357 e. The number of likely N-dealkylation sites (N-methyl/N-ethyl adjacent to an activating group) is 1. The topological polar surface area (TPSA) is 78.5 Å². The third-order valence-corrected chi connectivity index (χ3v) is 5.49. The Hall–Kier alpha value is -3.41. The van der Waals surface area contributed by atoms with Crippen molar-refractivity contribution in [3.63, 3.8) is 0 Å². The molecule has 0 fully saturated rings. The molecule has 3 rings (SSSR count). The molecule has 0 bridgehead atoms. The van der Waals surface area contributed by atoms with Gasteiger partial charge in [-0.05, 0) is 52.0 Å². The third kappa shape index (κ3) is 3.66. The van der Waals surface area contributed by atoms with Crippen molar-refractivity contribution < 1.29 is 14.4 Å². The maximum atomic E-state index is 13.2. The van der Waals surface area contributed by atoms with E-state index in [4.69, 9.17) is 0 Å². The Bertz CT molecular complexity index is 1010. The zero-order valence-electron chi connectivity index (χ0n) is 17.3. The molecule has 1 aliphatic rings. The lowest BCUT2D eigenvalue weighted by Gasteiger charge is -2.32. The lowest BCUT2D eigenvalue weighted by Crippen LogP contribution is -2.54. The van der Waals surface area contributed by atoms with Gasteiger partial charge in [-0.2, -0.15) is 0 Å². The van der Waals surface area contributed by atoms with Crippen LogP contribution in [0.2, 0.25) is 0 Å². The second-order valence-electron chi connectivity index (χ2n) is 7.56. The number of benzene rings is 2. The van der Waals surface area contributed by atoms with Crippen LogP contribution in [0, 0.1) is 13.8 Å². The van der Waals surface area contributed by atoms with E-state index in [1.165, 1.54) is 6.92 Å². The van der Waals surface area contributed by atoms with Gasteiger partial charge in [-0.25, -0.2) is 0 Å². The number of allylic oxidation sites excluding steroid dienone is 1. The van der Waals surface area contributed by atoms with Crippen molar-refractivity contribution in [2.45, 2.75) is 33.2 Å². The summed E-state index contributed by atoms with van der Waals surface area (Å²) < 4.78 is 0. The Morgan fingerprint density at radius 2 is 1.28 bits per heavy atom. The molecular weight excluding hydrogens is 366 g/mol. The van der Waals surface area contributed by atoms with E-state index in [0.29, 0.717) is 17.1 Å².